The molecule has 0 aromatic heterocycles. The van der Waals surface area contributed by atoms with Crippen molar-refractivity contribution in [3.8, 4) is 17.2 Å². The Labute approximate surface area is 162 Å². The maximum atomic E-state index is 12.9. The molecule has 0 fully saturated rings. The lowest BCUT2D eigenvalue weighted by atomic mass is 9.98. The van der Waals surface area contributed by atoms with E-state index in [-0.39, 0.29) is 5.91 Å². The minimum absolute atomic E-state index is 0.128. The second-order valence-electron chi connectivity index (χ2n) is 5.93. The number of ether oxygens (including phenoxy) is 3. The largest absolute Gasteiger partial charge is 0.494 e. The van der Waals surface area contributed by atoms with Gasteiger partial charge in [-0.05, 0) is 41.8 Å². The van der Waals surface area contributed by atoms with E-state index in [1.807, 2.05) is 12.1 Å². The predicted molar refractivity (Wildman–Crippen MR) is 101 cm³/mol. The third-order valence-electron chi connectivity index (χ3n) is 4.45. The van der Waals surface area contributed by atoms with Crippen LogP contribution >= 0.6 is 23.2 Å². The first-order chi connectivity index (χ1) is 12.5. The van der Waals surface area contributed by atoms with Gasteiger partial charge in [-0.25, -0.2) is 0 Å². The summed E-state index contributed by atoms with van der Waals surface area (Å²) in [5.74, 6) is 1.58. The van der Waals surface area contributed by atoms with Gasteiger partial charge in [0.2, 0.25) is 0 Å². The van der Waals surface area contributed by atoms with Gasteiger partial charge in [0.05, 0.1) is 31.4 Å². The van der Waals surface area contributed by atoms with Crippen LogP contribution in [0.1, 0.15) is 21.5 Å². The normalized spacial score (nSPS) is 13.2. The summed E-state index contributed by atoms with van der Waals surface area (Å²) in [6, 6.07) is 7.05. The van der Waals surface area contributed by atoms with Crippen molar-refractivity contribution in [2.45, 2.75) is 13.0 Å². The fraction of sp³-hybridized carbons (Fsp3) is 0.316. The first-order valence-electron chi connectivity index (χ1n) is 8.04. The van der Waals surface area contributed by atoms with Crippen LogP contribution in [0.15, 0.2) is 24.3 Å². The maximum absolute atomic E-state index is 12.9. The lowest BCUT2D eigenvalue weighted by Crippen LogP contribution is -2.36. The number of carbonyl (C=O) groups is 1. The molecule has 7 heteroatoms. The van der Waals surface area contributed by atoms with Gasteiger partial charge < -0.3 is 19.1 Å². The third kappa shape index (κ3) is 3.41. The molecule has 0 aliphatic carbocycles. The molecule has 2 aromatic carbocycles. The Hall–Kier alpha value is -2.11. The topological polar surface area (TPSA) is 48.0 Å². The Bertz CT molecular complexity index is 831. The van der Waals surface area contributed by atoms with Crippen LogP contribution in [0.3, 0.4) is 0 Å². The first kappa shape index (κ1) is 18.7. The van der Waals surface area contributed by atoms with Crippen LogP contribution in [-0.2, 0) is 13.0 Å². The number of hydrogen-bond donors (Lipinski definition) is 0. The molecule has 1 aliphatic rings. The molecule has 3 rings (SSSR count). The molecule has 5 nitrogen and oxygen atoms in total. The number of fused-ring (bicyclic) bond motifs is 1. The number of benzene rings is 2. The Balaban J connectivity index is 1.88. The van der Waals surface area contributed by atoms with Crippen LogP contribution in [-0.4, -0.2) is 38.7 Å². The zero-order valence-electron chi connectivity index (χ0n) is 14.8. The van der Waals surface area contributed by atoms with E-state index in [4.69, 9.17) is 37.4 Å². The van der Waals surface area contributed by atoms with Gasteiger partial charge in [0.25, 0.3) is 5.91 Å². The highest BCUT2D eigenvalue weighted by Crippen LogP contribution is 2.36. The van der Waals surface area contributed by atoms with E-state index >= 15 is 0 Å². The fourth-order valence-electron chi connectivity index (χ4n) is 3.12. The molecule has 0 bridgehead atoms. The summed E-state index contributed by atoms with van der Waals surface area (Å²) >= 11 is 12.3. The van der Waals surface area contributed by atoms with Gasteiger partial charge in [-0.15, -0.1) is 0 Å². The number of carbonyl (C=O) groups excluding carboxylic acids is 1. The van der Waals surface area contributed by atoms with Crippen LogP contribution in [0.5, 0.6) is 17.2 Å². The van der Waals surface area contributed by atoms with Crippen molar-refractivity contribution in [1.82, 2.24) is 4.90 Å². The molecule has 26 heavy (non-hydrogen) atoms. The van der Waals surface area contributed by atoms with E-state index in [9.17, 15) is 4.79 Å². The zero-order chi connectivity index (χ0) is 18.8. The van der Waals surface area contributed by atoms with Crippen molar-refractivity contribution in [1.29, 1.82) is 0 Å². The molecule has 0 N–H and O–H groups in total. The maximum Gasteiger partial charge on any atom is 0.254 e. The van der Waals surface area contributed by atoms with Crippen LogP contribution in [0, 0.1) is 0 Å². The number of rotatable bonds is 4. The predicted octanol–water partition coefficient (Wildman–Crippen LogP) is 4.22. The molecule has 1 amide bonds. The van der Waals surface area contributed by atoms with Crippen molar-refractivity contribution in [2.75, 3.05) is 27.9 Å². The number of hydrogen-bond acceptors (Lipinski definition) is 4. The third-order valence-corrected chi connectivity index (χ3v) is 5.02. The molecule has 0 saturated heterocycles. The lowest BCUT2D eigenvalue weighted by molar-refractivity contribution is 0.0734. The van der Waals surface area contributed by atoms with Gasteiger partial charge in [0, 0.05) is 18.7 Å². The summed E-state index contributed by atoms with van der Waals surface area (Å²) in [4.78, 5) is 14.7. The molecule has 0 unspecified atom stereocenters. The smallest absolute Gasteiger partial charge is 0.254 e. The fourth-order valence-corrected chi connectivity index (χ4v) is 3.76. The second kappa shape index (κ2) is 7.64. The molecule has 0 saturated carbocycles. The minimum Gasteiger partial charge on any atom is -0.494 e. The van der Waals surface area contributed by atoms with E-state index in [2.05, 4.69) is 0 Å². The van der Waals surface area contributed by atoms with Crippen LogP contribution in [0.4, 0.5) is 0 Å². The minimum atomic E-state index is -0.128. The number of methoxy groups -OCH3 is 3. The second-order valence-corrected chi connectivity index (χ2v) is 6.74. The lowest BCUT2D eigenvalue weighted by Gasteiger charge is -2.30. The first-order valence-corrected chi connectivity index (χ1v) is 8.80. The van der Waals surface area contributed by atoms with Crippen LogP contribution in [0.25, 0.3) is 0 Å². The van der Waals surface area contributed by atoms with Crippen molar-refractivity contribution in [3.05, 3.63) is 51.0 Å². The van der Waals surface area contributed by atoms with Crippen molar-refractivity contribution in [2.24, 2.45) is 0 Å². The highest BCUT2D eigenvalue weighted by atomic mass is 35.5. The molecule has 0 spiro atoms. The summed E-state index contributed by atoms with van der Waals surface area (Å²) < 4.78 is 15.8. The van der Waals surface area contributed by atoms with Gasteiger partial charge in [-0.1, -0.05) is 23.2 Å². The molecular weight excluding hydrogens is 377 g/mol. The zero-order valence-corrected chi connectivity index (χ0v) is 16.3. The molecular formula is C19H19Cl2NO4. The van der Waals surface area contributed by atoms with Gasteiger partial charge >= 0.3 is 0 Å². The number of nitrogens with zero attached hydrogens (tertiary/aromatic N) is 1. The van der Waals surface area contributed by atoms with E-state index in [0.717, 1.165) is 17.5 Å². The molecule has 2 aromatic rings. The van der Waals surface area contributed by atoms with Gasteiger partial charge in [-0.2, -0.15) is 0 Å². The standard InChI is InChI=1S/C19H19Cl2NO4/c1-24-16-8-11-4-5-22(10-13(11)9-17(16)25-2)19(23)12-6-14(20)18(26-3)15(21)7-12/h6-9H,4-5,10H2,1-3H3. The Kier molecular flexibility index (Phi) is 5.49. The number of amides is 1. The Morgan fingerprint density at radius 2 is 1.50 bits per heavy atom. The van der Waals surface area contributed by atoms with E-state index in [0.29, 0.717) is 45.9 Å². The van der Waals surface area contributed by atoms with Crippen molar-refractivity contribution >= 4 is 29.1 Å². The van der Waals surface area contributed by atoms with Crippen molar-refractivity contribution < 1.29 is 19.0 Å². The van der Waals surface area contributed by atoms with Crippen molar-refractivity contribution in [3.63, 3.8) is 0 Å². The van der Waals surface area contributed by atoms with Crippen LogP contribution < -0.4 is 14.2 Å². The highest BCUT2D eigenvalue weighted by Gasteiger charge is 2.25. The Morgan fingerprint density at radius 3 is 2.04 bits per heavy atom. The quantitative estimate of drug-likeness (QED) is 0.777. The monoisotopic (exact) mass is 395 g/mol. The Morgan fingerprint density at radius 1 is 0.923 bits per heavy atom. The SMILES string of the molecule is COc1cc2c(cc1OC)CN(C(=O)c1cc(Cl)c(OC)c(Cl)c1)CC2. The summed E-state index contributed by atoms with van der Waals surface area (Å²) in [6.45, 7) is 1.08. The molecule has 138 valence electrons. The average Bonchev–Trinajstić information content (AvgIpc) is 2.65. The summed E-state index contributed by atoms with van der Waals surface area (Å²) in [5.41, 5.74) is 2.62. The number of halogens is 2. The molecule has 0 atom stereocenters. The van der Waals surface area contributed by atoms with E-state index in [1.165, 1.54) is 7.11 Å². The van der Waals surface area contributed by atoms with Gasteiger partial charge in [0.15, 0.2) is 17.2 Å². The molecule has 1 heterocycles. The van der Waals surface area contributed by atoms with E-state index < -0.39 is 0 Å². The molecule has 1 aliphatic heterocycles. The average molecular weight is 396 g/mol. The summed E-state index contributed by atoms with van der Waals surface area (Å²) in [7, 11) is 4.69. The van der Waals surface area contributed by atoms with Gasteiger partial charge in [0.1, 0.15) is 0 Å². The summed E-state index contributed by atoms with van der Waals surface area (Å²) in [6.07, 6.45) is 0.735. The molecule has 0 radical (unpaired) electrons. The van der Waals surface area contributed by atoms with Gasteiger partial charge in [-0.3, -0.25) is 4.79 Å². The summed E-state index contributed by atoms with van der Waals surface area (Å²) in [5, 5.41) is 0.624. The highest BCUT2D eigenvalue weighted by molar-refractivity contribution is 6.37. The van der Waals surface area contributed by atoms with E-state index in [1.54, 1.807) is 31.3 Å². The van der Waals surface area contributed by atoms with Crippen LogP contribution in [0.2, 0.25) is 10.0 Å².